The average Bonchev–Trinajstić information content (AvgIpc) is 3.26. The molecule has 33 heavy (non-hydrogen) atoms. The van der Waals surface area contributed by atoms with Crippen LogP contribution in [0.3, 0.4) is 0 Å². The maximum absolute atomic E-state index is 12.4. The number of ketones is 2. The fraction of sp³-hybridized carbons (Fsp3) is 0.440. The van der Waals surface area contributed by atoms with Gasteiger partial charge in [0.25, 0.3) is 0 Å². The van der Waals surface area contributed by atoms with Crippen molar-refractivity contribution >= 4 is 33.2 Å². The van der Waals surface area contributed by atoms with E-state index in [9.17, 15) is 18.0 Å². The van der Waals surface area contributed by atoms with Gasteiger partial charge in [-0.1, -0.05) is 35.4 Å². The lowest BCUT2D eigenvalue weighted by molar-refractivity contribution is -0.171. The van der Waals surface area contributed by atoms with Gasteiger partial charge in [-0.05, 0) is 38.1 Å². The minimum Gasteiger partial charge on any atom is -0.348 e. The van der Waals surface area contributed by atoms with Crippen molar-refractivity contribution in [1.29, 1.82) is 0 Å². The molecular formula is C25H30O6S2. The lowest BCUT2D eigenvalue weighted by atomic mass is 10.0. The van der Waals surface area contributed by atoms with Crippen LogP contribution in [0.1, 0.15) is 36.8 Å². The second-order valence-corrected chi connectivity index (χ2v) is 11.2. The highest BCUT2D eigenvalue weighted by molar-refractivity contribution is 7.86. The summed E-state index contributed by atoms with van der Waals surface area (Å²) >= 11 is 0. The third kappa shape index (κ3) is 7.78. The van der Waals surface area contributed by atoms with E-state index in [1.165, 1.54) is 0 Å². The van der Waals surface area contributed by atoms with Gasteiger partial charge in [-0.15, -0.1) is 0 Å². The van der Waals surface area contributed by atoms with Gasteiger partial charge in [0.1, 0.15) is 11.6 Å². The van der Waals surface area contributed by atoms with E-state index in [1.54, 1.807) is 24.3 Å². The lowest BCUT2D eigenvalue weighted by Gasteiger charge is -2.27. The Morgan fingerprint density at radius 1 is 0.727 bits per heavy atom. The van der Waals surface area contributed by atoms with Crippen molar-refractivity contribution in [3.63, 3.8) is 0 Å². The summed E-state index contributed by atoms with van der Waals surface area (Å²) in [5.41, 5.74) is 2.13. The Hall–Kier alpha value is -2.00. The second kappa shape index (κ2) is 11.9. The van der Waals surface area contributed by atoms with E-state index >= 15 is 0 Å². The largest absolute Gasteiger partial charge is 0.348 e. The summed E-state index contributed by atoms with van der Waals surface area (Å²) in [6.45, 7) is 4.69. The molecule has 6 nitrogen and oxygen atoms in total. The van der Waals surface area contributed by atoms with Gasteiger partial charge in [-0.25, -0.2) is 0 Å². The first-order chi connectivity index (χ1) is 15.8. The summed E-state index contributed by atoms with van der Waals surface area (Å²) in [6, 6.07) is 14.6. The van der Waals surface area contributed by atoms with E-state index in [0.717, 1.165) is 11.1 Å². The van der Waals surface area contributed by atoms with Crippen LogP contribution in [0, 0.1) is 13.8 Å². The Labute approximate surface area is 200 Å². The zero-order valence-electron chi connectivity index (χ0n) is 19.0. The van der Waals surface area contributed by atoms with Gasteiger partial charge in [0.05, 0.1) is 46.3 Å². The summed E-state index contributed by atoms with van der Waals surface area (Å²) in [4.78, 5) is 26.1. The molecule has 0 N–H and O–H groups in total. The molecule has 1 aliphatic heterocycles. The highest BCUT2D eigenvalue weighted by Gasteiger charge is 2.37. The number of carbonyl (C=O) groups is 2. The molecule has 2 atom stereocenters. The standard InChI is InChI=1S/C25H30O6S2/c1-19-3-7-23(8-4-19)32(28)17-21(26)11-13-25(30-15-16-31-25)14-12-22(27)18-33(29)24-9-5-20(2)6-10-24/h3-10H,11-18H2,1-2H3/t32-,33-/m1/s1. The number of rotatable bonds is 12. The van der Waals surface area contributed by atoms with Gasteiger partial charge in [-0.2, -0.15) is 0 Å². The molecule has 1 heterocycles. The van der Waals surface area contributed by atoms with Crippen LogP contribution in [-0.4, -0.2) is 50.5 Å². The van der Waals surface area contributed by atoms with Gasteiger partial charge in [0.2, 0.25) is 0 Å². The van der Waals surface area contributed by atoms with Crippen LogP contribution in [0.2, 0.25) is 0 Å². The van der Waals surface area contributed by atoms with Gasteiger partial charge in [0, 0.05) is 35.5 Å². The van der Waals surface area contributed by atoms with Crippen molar-refractivity contribution in [2.45, 2.75) is 55.1 Å². The second-order valence-electron chi connectivity index (χ2n) is 8.29. The predicted octanol–water partition coefficient (Wildman–Crippen LogP) is 3.66. The number of hydrogen-bond donors (Lipinski definition) is 0. The van der Waals surface area contributed by atoms with Crippen LogP contribution in [0.25, 0.3) is 0 Å². The van der Waals surface area contributed by atoms with Crippen LogP contribution in [0.4, 0.5) is 0 Å². The molecule has 2 aromatic carbocycles. The SMILES string of the molecule is Cc1ccc([S@](=O)CC(=O)CCC2(CCC(=O)C[S@@](=O)c3ccc(C)cc3)OCCO2)cc1. The Kier molecular flexibility index (Phi) is 9.26. The van der Waals surface area contributed by atoms with E-state index in [0.29, 0.717) is 35.8 Å². The molecule has 1 fully saturated rings. The zero-order chi connectivity index (χ0) is 23.8. The van der Waals surface area contributed by atoms with Gasteiger partial charge >= 0.3 is 0 Å². The molecule has 0 aliphatic carbocycles. The highest BCUT2D eigenvalue weighted by atomic mass is 32.2. The van der Waals surface area contributed by atoms with E-state index in [-0.39, 0.29) is 35.9 Å². The number of ether oxygens (including phenoxy) is 2. The fourth-order valence-corrected chi connectivity index (χ4v) is 5.64. The summed E-state index contributed by atoms with van der Waals surface area (Å²) in [7, 11) is -2.79. The third-order valence-electron chi connectivity index (χ3n) is 5.53. The first kappa shape index (κ1) is 25.6. The minimum absolute atomic E-state index is 0.0619. The van der Waals surface area contributed by atoms with Crippen molar-refractivity contribution in [3.05, 3.63) is 59.7 Å². The van der Waals surface area contributed by atoms with Crippen LogP contribution >= 0.6 is 0 Å². The third-order valence-corrected chi connectivity index (χ3v) is 8.30. The predicted molar refractivity (Wildman–Crippen MR) is 128 cm³/mol. The van der Waals surface area contributed by atoms with Crippen molar-refractivity contribution in [3.8, 4) is 0 Å². The maximum Gasteiger partial charge on any atom is 0.169 e. The molecule has 0 unspecified atom stereocenters. The number of carbonyl (C=O) groups excluding carboxylic acids is 2. The van der Waals surface area contributed by atoms with E-state index in [4.69, 9.17) is 9.47 Å². The number of benzene rings is 2. The van der Waals surface area contributed by atoms with E-state index in [2.05, 4.69) is 0 Å². The molecule has 1 aliphatic rings. The van der Waals surface area contributed by atoms with Crippen LogP contribution in [0.15, 0.2) is 58.3 Å². The monoisotopic (exact) mass is 490 g/mol. The fourth-order valence-electron chi connectivity index (χ4n) is 3.55. The number of aryl methyl sites for hydroxylation is 2. The lowest BCUT2D eigenvalue weighted by Crippen LogP contribution is -2.32. The first-order valence-electron chi connectivity index (χ1n) is 11.0. The highest BCUT2D eigenvalue weighted by Crippen LogP contribution is 2.30. The Morgan fingerprint density at radius 2 is 1.09 bits per heavy atom. The maximum atomic E-state index is 12.4. The minimum atomic E-state index is -1.40. The van der Waals surface area contributed by atoms with E-state index in [1.807, 2.05) is 38.1 Å². The normalized spacial score (nSPS) is 16.9. The molecule has 2 aromatic rings. The molecule has 0 aromatic heterocycles. The van der Waals surface area contributed by atoms with E-state index < -0.39 is 27.4 Å². The molecule has 0 amide bonds. The smallest absolute Gasteiger partial charge is 0.169 e. The average molecular weight is 491 g/mol. The van der Waals surface area contributed by atoms with Crippen LogP contribution in [0.5, 0.6) is 0 Å². The molecule has 178 valence electrons. The summed E-state index contributed by atoms with van der Waals surface area (Å²) in [6.07, 6.45) is 0.901. The number of Topliss-reactive ketones (excluding diaryl/α,β-unsaturated/α-hetero) is 2. The van der Waals surface area contributed by atoms with Crippen LogP contribution < -0.4 is 0 Å². The molecule has 0 saturated carbocycles. The molecule has 0 radical (unpaired) electrons. The molecule has 0 spiro atoms. The number of hydrogen-bond acceptors (Lipinski definition) is 6. The van der Waals surface area contributed by atoms with Crippen molar-refractivity contribution in [2.75, 3.05) is 24.7 Å². The topological polar surface area (TPSA) is 86.7 Å². The quantitative estimate of drug-likeness (QED) is 0.451. The zero-order valence-corrected chi connectivity index (χ0v) is 20.7. The molecule has 8 heteroatoms. The summed E-state index contributed by atoms with van der Waals surface area (Å²) < 4.78 is 36.4. The molecule has 0 bridgehead atoms. The van der Waals surface area contributed by atoms with Gasteiger partial charge < -0.3 is 9.47 Å². The molecule has 3 rings (SSSR count). The van der Waals surface area contributed by atoms with Crippen molar-refractivity contribution < 1.29 is 27.5 Å². The van der Waals surface area contributed by atoms with Gasteiger partial charge in [-0.3, -0.25) is 18.0 Å². The summed E-state index contributed by atoms with van der Waals surface area (Å²) in [5, 5.41) is 0. The van der Waals surface area contributed by atoms with Crippen molar-refractivity contribution in [1.82, 2.24) is 0 Å². The summed E-state index contributed by atoms with van der Waals surface area (Å²) in [5.74, 6) is -1.40. The Morgan fingerprint density at radius 3 is 1.45 bits per heavy atom. The van der Waals surface area contributed by atoms with Crippen molar-refractivity contribution in [2.24, 2.45) is 0 Å². The van der Waals surface area contributed by atoms with Crippen LogP contribution in [-0.2, 0) is 40.7 Å². The van der Waals surface area contributed by atoms with Gasteiger partial charge in [0.15, 0.2) is 5.79 Å². The first-order valence-corrected chi connectivity index (χ1v) is 13.6. The Bertz CT molecular complexity index is 931. The Balaban J connectivity index is 1.48. The molecule has 1 saturated heterocycles. The molecular weight excluding hydrogens is 460 g/mol.